The summed E-state index contributed by atoms with van der Waals surface area (Å²) in [5.41, 5.74) is 0.798. The van der Waals surface area contributed by atoms with E-state index in [1.54, 1.807) is 11.3 Å². The van der Waals surface area contributed by atoms with Crippen LogP contribution in [0.2, 0.25) is 0 Å². The number of likely N-dealkylation sites (tertiary alicyclic amines) is 1. The van der Waals surface area contributed by atoms with E-state index < -0.39 is 0 Å². The van der Waals surface area contributed by atoms with Crippen molar-refractivity contribution in [3.05, 3.63) is 11.1 Å². The predicted molar refractivity (Wildman–Crippen MR) is 76.8 cm³/mol. The maximum Gasteiger partial charge on any atom is 0.311 e. The topological polar surface area (TPSA) is 45.7 Å². The molecule has 1 aliphatic heterocycles. The monoisotopic (exact) mass is 283 g/mol. The lowest BCUT2D eigenvalue weighted by atomic mass is 10.0. The third kappa shape index (κ3) is 3.67. The van der Waals surface area contributed by atoms with Crippen molar-refractivity contribution in [1.82, 2.24) is 9.88 Å². The van der Waals surface area contributed by atoms with Gasteiger partial charge in [0.2, 0.25) is 0 Å². The van der Waals surface area contributed by atoms with Gasteiger partial charge >= 0.3 is 5.97 Å². The van der Waals surface area contributed by atoms with Crippen LogP contribution in [0.15, 0.2) is 5.38 Å². The molecule has 0 bridgehead atoms. The molecule has 0 spiro atoms. The lowest BCUT2D eigenvalue weighted by Crippen LogP contribution is -2.41. The fourth-order valence-corrected chi connectivity index (χ4v) is 3.16. The van der Waals surface area contributed by atoms with Gasteiger partial charge in [0.15, 0.2) is 5.13 Å². The van der Waals surface area contributed by atoms with Gasteiger partial charge in [0, 0.05) is 18.5 Å². The van der Waals surface area contributed by atoms with Gasteiger partial charge in [-0.25, -0.2) is 4.98 Å². The van der Waals surface area contributed by atoms with Gasteiger partial charge in [0.05, 0.1) is 19.2 Å². The van der Waals surface area contributed by atoms with Gasteiger partial charge in [-0.1, -0.05) is 0 Å². The fraction of sp³-hybridized carbons (Fsp3) is 0.692. The summed E-state index contributed by atoms with van der Waals surface area (Å²) >= 11 is 1.60. The van der Waals surface area contributed by atoms with Gasteiger partial charge in [-0.3, -0.25) is 4.79 Å². The van der Waals surface area contributed by atoms with Crippen molar-refractivity contribution < 1.29 is 9.53 Å². The Bertz CT molecular complexity index is 427. The molecule has 0 saturated carbocycles. The molecule has 1 saturated heterocycles. The zero-order chi connectivity index (χ0) is 13.8. The van der Waals surface area contributed by atoms with Crippen LogP contribution >= 0.6 is 11.3 Å². The molecule has 106 valence electrons. The molecule has 0 aromatic carbocycles. The Morgan fingerprint density at radius 1 is 1.58 bits per heavy atom. The Morgan fingerprint density at radius 2 is 2.26 bits per heavy atom. The number of hydrogen-bond acceptors (Lipinski definition) is 6. The van der Waals surface area contributed by atoms with E-state index in [4.69, 9.17) is 0 Å². The minimum absolute atomic E-state index is 0.237. The predicted octanol–water partition coefficient (Wildman–Crippen LogP) is 1.39. The number of ether oxygens (including phenoxy) is 1. The van der Waals surface area contributed by atoms with Crippen molar-refractivity contribution in [3.8, 4) is 0 Å². The Hall–Kier alpha value is -1.14. The van der Waals surface area contributed by atoms with E-state index in [1.807, 2.05) is 5.38 Å². The highest BCUT2D eigenvalue weighted by Crippen LogP contribution is 2.25. The number of rotatable bonds is 4. The minimum atomic E-state index is -0.237. The molecule has 5 nitrogen and oxygen atoms in total. The Kier molecular flexibility index (Phi) is 4.76. The molecule has 1 aliphatic rings. The van der Waals surface area contributed by atoms with Crippen molar-refractivity contribution in [1.29, 1.82) is 0 Å². The molecule has 1 fully saturated rings. The van der Waals surface area contributed by atoms with Crippen molar-refractivity contribution in [3.63, 3.8) is 0 Å². The first-order chi connectivity index (χ1) is 9.10. The first-order valence-corrected chi connectivity index (χ1v) is 7.40. The normalized spacial score (nSPS) is 17.4. The van der Waals surface area contributed by atoms with Crippen LogP contribution in [0.1, 0.15) is 18.5 Å². The smallest absolute Gasteiger partial charge is 0.311 e. The van der Waals surface area contributed by atoms with Crippen molar-refractivity contribution >= 4 is 22.4 Å². The highest BCUT2D eigenvalue weighted by atomic mass is 32.1. The van der Waals surface area contributed by atoms with Gasteiger partial charge in [-0.05, 0) is 33.0 Å². The van der Waals surface area contributed by atoms with Crippen LogP contribution in [0.5, 0.6) is 0 Å². The van der Waals surface area contributed by atoms with E-state index in [0.717, 1.165) is 23.9 Å². The van der Waals surface area contributed by atoms with Crippen LogP contribution in [0.3, 0.4) is 0 Å². The molecule has 0 radical (unpaired) electrons. The highest BCUT2D eigenvalue weighted by molar-refractivity contribution is 7.13. The van der Waals surface area contributed by atoms with Crippen LogP contribution < -0.4 is 4.90 Å². The summed E-state index contributed by atoms with van der Waals surface area (Å²) in [5.74, 6) is -0.237. The summed E-state index contributed by atoms with van der Waals surface area (Å²) in [6, 6.07) is 0.549. The SMILES string of the molecule is COC(=O)Cc1csc(N(C)C2CCN(C)CC2)n1. The number of thiazole rings is 1. The van der Waals surface area contributed by atoms with Crippen LogP contribution in [-0.2, 0) is 16.0 Å². The second kappa shape index (κ2) is 6.34. The van der Waals surface area contributed by atoms with Crippen LogP contribution in [0, 0.1) is 0 Å². The van der Waals surface area contributed by atoms with E-state index in [2.05, 4.69) is 33.6 Å². The van der Waals surface area contributed by atoms with Crippen molar-refractivity contribution in [2.24, 2.45) is 0 Å². The molecule has 1 aromatic rings. The zero-order valence-corrected chi connectivity index (χ0v) is 12.6. The molecule has 0 atom stereocenters. The lowest BCUT2D eigenvalue weighted by molar-refractivity contribution is -0.139. The lowest BCUT2D eigenvalue weighted by Gasteiger charge is -2.34. The summed E-state index contributed by atoms with van der Waals surface area (Å²) in [5, 5.41) is 2.94. The maximum absolute atomic E-state index is 11.2. The van der Waals surface area contributed by atoms with E-state index in [-0.39, 0.29) is 12.4 Å². The number of hydrogen-bond donors (Lipinski definition) is 0. The third-order valence-electron chi connectivity index (χ3n) is 3.63. The number of piperidine rings is 1. The molecule has 2 heterocycles. The van der Waals surface area contributed by atoms with E-state index in [9.17, 15) is 4.79 Å². The second-order valence-electron chi connectivity index (χ2n) is 5.02. The first kappa shape index (κ1) is 14.3. The molecule has 1 aromatic heterocycles. The van der Waals surface area contributed by atoms with Gasteiger partial charge < -0.3 is 14.5 Å². The van der Waals surface area contributed by atoms with Crippen LogP contribution in [-0.4, -0.2) is 56.2 Å². The summed E-state index contributed by atoms with van der Waals surface area (Å²) in [7, 11) is 5.66. The number of carbonyl (C=O) groups is 1. The minimum Gasteiger partial charge on any atom is -0.469 e. The number of nitrogens with zero attached hydrogens (tertiary/aromatic N) is 3. The van der Waals surface area contributed by atoms with E-state index >= 15 is 0 Å². The Labute approximate surface area is 118 Å². The number of aromatic nitrogens is 1. The van der Waals surface area contributed by atoms with E-state index in [0.29, 0.717) is 6.04 Å². The van der Waals surface area contributed by atoms with Crippen molar-refractivity contribution in [2.45, 2.75) is 25.3 Å². The second-order valence-corrected chi connectivity index (χ2v) is 5.86. The highest BCUT2D eigenvalue weighted by Gasteiger charge is 2.22. The number of carbonyl (C=O) groups excluding carboxylic acids is 1. The third-order valence-corrected chi connectivity index (χ3v) is 4.61. The number of anilines is 1. The van der Waals surface area contributed by atoms with Crippen molar-refractivity contribution in [2.75, 3.05) is 39.2 Å². The summed E-state index contributed by atoms with van der Waals surface area (Å²) < 4.78 is 4.66. The average Bonchev–Trinajstić information content (AvgIpc) is 2.87. The van der Waals surface area contributed by atoms with Gasteiger partial charge in [0.1, 0.15) is 0 Å². The largest absolute Gasteiger partial charge is 0.469 e. The maximum atomic E-state index is 11.2. The van der Waals surface area contributed by atoms with Gasteiger partial charge in [-0.2, -0.15) is 0 Å². The van der Waals surface area contributed by atoms with E-state index in [1.165, 1.54) is 20.0 Å². The molecule has 0 unspecified atom stereocenters. The molecular weight excluding hydrogens is 262 g/mol. The molecule has 19 heavy (non-hydrogen) atoms. The van der Waals surface area contributed by atoms with Crippen LogP contribution in [0.25, 0.3) is 0 Å². The standard InChI is InChI=1S/C13H21N3O2S/c1-15-6-4-11(5-7-15)16(2)13-14-10(9-19-13)8-12(17)18-3/h9,11H,4-8H2,1-3H3. The molecule has 6 heteroatoms. The number of esters is 1. The average molecular weight is 283 g/mol. The Morgan fingerprint density at radius 3 is 2.89 bits per heavy atom. The molecule has 0 amide bonds. The molecule has 0 N–H and O–H groups in total. The summed E-state index contributed by atoms with van der Waals surface area (Å²) in [6.07, 6.45) is 2.59. The van der Waals surface area contributed by atoms with Gasteiger partial charge in [-0.15, -0.1) is 11.3 Å². The first-order valence-electron chi connectivity index (χ1n) is 6.52. The molecular formula is C13H21N3O2S. The molecule has 2 rings (SSSR count). The van der Waals surface area contributed by atoms with Gasteiger partial charge in [0.25, 0.3) is 0 Å². The fourth-order valence-electron chi connectivity index (χ4n) is 2.30. The molecule has 0 aliphatic carbocycles. The number of methoxy groups -OCH3 is 1. The van der Waals surface area contributed by atoms with Crippen LogP contribution in [0.4, 0.5) is 5.13 Å². The quantitative estimate of drug-likeness (QED) is 0.781. The summed E-state index contributed by atoms with van der Waals surface area (Å²) in [4.78, 5) is 20.3. The zero-order valence-electron chi connectivity index (χ0n) is 11.8. The Balaban J connectivity index is 1.95. The summed E-state index contributed by atoms with van der Waals surface area (Å²) in [6.45, 7) is 2.27.